The number of anilines is 1. The molecule has 0 aliphatic heterocycles. The lowest BCUT2D eigenvalue weighted by Crippen LogP contribution is -2.45. The van der Waals surface area contributed by atoms with Crippen LogP contribution in [-0.2, 0) is 27.1 Å². The number of halogens is 2. The first kappa shape index (κ1) is 34.2. The zero-order valence-corrected chi connectivity index (χ0v) is 27.7. The Balaban J connectivity index is 1.64. The van der Waals surface area contributed by atoms with E-state index >= 15 is 0 Å². The van der Waals surface area contributed by atoms with Crippen LogP contribution in [0.25, 0.3) is 0 Å². The highest BCUT2D eigenvalue weighted by molar-refractivity contribution is 7.10. The van der Waals surface area contributed by atoms with Crippen molar-refractivity contribution < 1.29 is 28.6 Å². The van der Waals surface area contributed by atoms with Crippen molar-refractivity contribution in [2.45, 2.75) is 71.6 Å². The number of aromatic nitrogens is 1. The van der Waals surface area contributed by atoms with Crippen molar-refractivity contribution in [2.24, 2.45) is 0 Å². The standard InChI is InChI=1S/C31H37Cl2N3O6S/c1-30(2,3)41-28(38)24(35-27(37)26-22(32)11-9-12-23(26)33)17-21-16-20(18-43-21)40-15-14-19-10-8-13-25(34-19)36(7)29(39)42-31(4,5)6/h8-13,16,18,24H,14-15,17H2,1-7H3,(H,35,37)/t24-/m0/s1. The second kappa shape index (κ2) is 14.4. The first-order valence-electron chi connectivity index (χ1n) is 13.6. The lowest BCUT2D eigenvalue weighted by molar-refractivity contribution is -0.157. The Morgan fingerprint density at radius 3 is 2.23 bits per heavy atom. The first-order valence-corrected chi connectivity index (χ1v) is 15.3. The van der Waals surface area contributed by atoms with E-state index in [-0.39, 0.29) is 22.0 Å². The maximum atomic E-state index is 13.1. The van der Waals surface area contributed by atoms with Crippen molar-refractivity contribution in [2.75, 3.05) is 18.6 Å². The summed E-state index contributed by atoms with van der Waals surface area (Å²) in [6, 6.07) is 11.0. The molecule has 0 aliphatic carbocycles. The molecule has 12 heteroatoms. The average Bonchev–Trinajstić information content (AvgIpc) is 3.33. The quantitative estimate of drug-likeness (QED) is 0.233. The largest absolute Gasteiger partial charge is 0.492 e. The van der Waals surface area contributed by atoms with Gasteiger partial charge in [-0.15, -0.1) is 11.3 Å². The van der Waals surface area contributed by atoms with Crippen LogP contribution in [0.3, 0.4) is 0 Å². The van der Waals surface area contributed by atoms with Crippen molar-refractivity contribution in [1.29, 1.82) is 0 Å². The number of rotatable bonds is 10. The second-order valence-corrected chi connectivity index (χ2v) is 13.5. The van der Waals surface area contributed by atoms with Crippen LogP contribution in [0.1, 0.15) is 62.5 Å². The van der Waals surface area contributed by atoms with Crippen LogP contribution in [0.4, 0.5) is 10.6 Å². The summed E-state index contributed by atoms with van der Waals surface area (Å²) in [4.78, 5) is 45.2. The van der Waals surface area contributed by atoms with Gasteiger partial charge in [-0.05, 0) is 71.9 Å². The summed E-state index contributed by atoms with van der Waals surface area (Å²) >= 11 is 13.8. The third kappa shape index (κ3) is 10.7. The van der Waals surface area contributed by atoms with Gasteiger partial charge in [0, 0.05) is 35.8 Å². The van der Waals surface area contributed by atoms with Gasteiger partial charge in [-0.3, -0.25) is 9.69 Å². The Kier molecular flexibility index (Phi) is 11.5. The van der Waals surface area contributed by atoms with Crippen LogP contribution < -0.4 is 15.0 Å². The molecule has 1 atom stereocenters. The molecule has 2 heterocycles. The van der Waals surface area contributed by atoms with Crippen LogP contribution >= 0.6 is 34.5 Å². The monoisotopic (exact) mass is 649 g/mol. The minimum Gasteiger partial charge on any atom is -0.492 e. The van der Waals surface area contributed by atoms with E-state index in [2.05, 4.69) is 10.3 Å². The number of carbonyl (C=O) groups excluding carboxylic acids is 3. The Morgan fingerprint density at radius 1 is 0.977 bits per heavy atom. The molecular weight excluding hydrogens is 613 g/mol. The van der Waals surface area contributed by atoms with Gasteiger partial charge in [-0.25, -0.2) is 14.6 Å². The van der Waals surface area contributed by atoms with E-state index in [1.165, 1.54) is 16.2 Å². The van der Waals surface area contributed by atoms with E-state index in [0.717, 1.165) is 10.6 Å². The fraction of sp³-hybridized carbons (Fsp3) is 0.419. The summed E-state index contributed by atoms with van der Waals surface area (Å²) < 4.78 is 16.9. The summed E-state index contributed by atoms with van der Waals surface area (Å²) in [5.74, 6) is -0.0722. The van der Waals surface area contributed by atoms with Crippen molar-refractivity contribution in [3.63, 3.8) is 0 Å². The van der Waals surface area contributed by atoms with Gasteiger partial charge >= 0.3 is 12.1 Å². The van der Waals surface area contributed by atoms with E-state index in [9.17, 15) is 14.4 Å². The maximum absolute atomic E-state index is 13.1. The minimum atomic E-state index is -0.987. The third-order valence-corrected chi connectivity index (χ3v) is 7.22. The molecule has 1 N–H and O–H groups in total. The highest BCUT2D eigenvalue weighted by Gasteiger charge is 2.29. The molecule has 0 saturated heterocycles. The molecule has 0 radical (unpaired) electrons. The number of nitrogens with zero attached hydrogens (tertiary/aromatic N) is 2. The maximum Gasteiger partial charge on any atom is 0.415 e. The molecule has 2 amide bonds. The van der Waals surface area contributed by atoms with Gasteiger partial charge in [0.1, 0.15) is 28.8 Å². The Morgan fingerprint density at radius 2 is 1.60 bits per heavy atom. The molecule has 0 aliphatic rings. The second-order valence-electron chi connectivity index (χ2n) is 11.7. The zero-order valence-electron chi connectivity index (χ0n) is 25.3. The molecule has 2 aromatic heterocycles. The van der Waals surface area contributed by atoms with Gasteiger partial charge < -0.3 is 19.5 Å². The summed E-state index contributed by atoms with van der Waals surface area (Å²) in [5.41, 5.74) is -0.532. The Bertz CT molecular complexity index is 1430. The number of pyridine rings is 1. The summed E-state index contributed by atoms with van der Waals surface area (Å²) in [7, 11) is 1.61. The number of hydrogen-bond acceptors (Lipinski definition) is 8. The van der Waals surface area contributed by atoms with Gasteiger partial charge in [-0.1, -0.05) is 35.3 Å². The number of thiophene rings is 1. The van der Waals surface area contributed by atoms with Crippen molar-refractivity contribution in [1.82, 2.24) is 10.3 Å². The van der Waals surface area contributed by atoms with Crippen molar-refractivity contribution in [3.05, 3.63) is 74.0 Å². The van der Waals surface area contributed by atoms with E-state index in [1.807, 2.05) is 23.6 Å². The predicted molar refractivity (Wildman–Crippen MR) is 170 cm³/mol. The number of carbonyl (C=O) groups is 3. The van der Waals surface area contributed by atoms with Crippen LogP contribution in [0.2, 0.25) is 10.0 Å². The predicted octanol–water partition coefficient (Wildman–Crippen LogP) is 7.13. The fourth-order valence-electron chi connectivity index (χ4n) is 3.75. The third-order valence-electron chi connectivity index (χ3n) is 5.65. The molecule has 0 spiro atoms. The number of nitrogens with one attached hydrogen (secondary N) is 1. The number of ether oxygens (including phenoxy) is 3. The fourth-order valence-corrected chi connectivity index (χ4v) is 5.17. The van der Waals surface area contributed by atoms with Gasteiger partial charge in [0.2, 0.25) is 0 Å². The molecule has 0 bridgehead atoms. The molecule has 0 unspecified atom stereocenters. The van der Waals surface area contributed by atoms with E-state index in [4.69, 9.17) is 37.4 Å². The number of esters is 1. The summed E-state index contributed by atoms with van der Waals surface area (Å²) in [6.07, 6.45) is 0.184. The minimum absolute atomic E-state index is 0.0876. The number of amides is 2. The molecule has 0 saturated carbocycles. The van der Waals surface area contributed by atoms with Crippen LogP contribution in [0.15, 0.2) is 47.8 Å². The smallest absolute Gasteiger partial charge is 0.415 e. The van der Waals surface area contributed by atoms with Gasteiger partial charge in [0.25, 0.3) is 5.91 Å². The molecular formula is C31H37Cl2N3O6S. The number of benzene rings is 1. The average molecular weight is 651 g/mol. The Hall–Kier alpha value is -3.34. The van der Waals surface area contributed by atoms with Crippen molar-refractivity contribution in [3.8, 4) is 5.75 Å². The lowest BCUT2D eigenvalue weighted by Gasteiger charge is -2.24. The van der Waals surface area contributed by atoms with Crippen molar-refractivity contribution >= 4 is 58.3 Å². The van der Waals surface area contributed by atoms with Crippen LogP contribution in [-0.4, -0.2) is 53.9 Å². The van der Waals surface area contributed by atoms with Gasteiger partial charge in [0.15, 0.2) is 0 Å². The van der Waals surface area contributed by atoms with Crippen LogP contribution in [0.5, 0.6) is 5.75 Å². The van der Waals surface area contributed by atoms with E-state index < -0.39 is 35.2 Å². The zero-order chi connectivity index (χ0) is 31.9. The lowest BCUT2D eigenvalue weighted by atomic mass is 10.1. The summed E-state index contributed by atoms with van der Waals surface area (Å²) in [5, 5.41) is 4.91. The molecule has 43 heavy (non-hydrogen) atoms. The summed E-state index contributed by atoms with van der Waals surface area (Å²) in [6.45, 7) is 11.0. The Labute approximate surface area is 266 Å². The number of hydrogen-bond donors (Lipinski definition) is 1. The molecule has 3 rings (SSSR count). The first-order chi connectivity index (χ1) is 20.0. The van der Waals surface area contributed by atoms with E-state index in [1.54, 1.807) is 72.9 Å². The highest BCUT2D eigenvalue weighted by atomic mass is 35.5. The SMILES string of the molecule is CN(C(=O)OC(C)(C)C)c1cccc(CCOc2csc(C[C@H](NC(=O)c3c(Cl)cccc3Cl)C(=O)OC(C)(C)C)c2)n1. The molecule has 3 aromatic rings. The van der Waals surface area contributed by atoms with Crippen LogP contribution in [0, 0.1) is 0 Å². The normalized spacial score (nSPS) is 12.3. The molecule has 1 aromatic carbocycles. The molecule has 9 nitrogen and oxygen atoms in total. The topological polar surface area (TPSA) is 107 Å². The van der Waals surface area contributed by atoms with E-state index in [0.29, 0.717) is 24.6 Å². The molecule has 0 fully saturated rings. The van der Waals surface area contributed by atoms with Gasteiger partial charge in [0.05, 0.1) is 22.2 Å². The van der Waals surface area contributed by atoms with Gasteiger partial charge in [-0.2, -0.15) is 0 Å². The highest BCUT2D eigenvalue weighted by Crippen LogP contribution is 2.26. The molecule has 232 valence electrons.